The molecule has 13 heavy (non-hydrogen) atoms. The second-order valence-corrected chi connectivity index (χ2v) is 4.82. The van der Waals surface area contributed by atoms with Gasteiger partial charge in [0.25, 0.3) is 0 Å². The van der Waals surface area contributed by atoms with Crippen LogP contribution in [0.1, 0.15) is 12.8 Å². The first-order valence-electron chi connectivity index (χ1n) is 4.35. The number of carbonyl (C=O) groups excluding carboxylic acids is 1. The van der Waals surface area contributed by atoms with E-state index in [0.717, 1.165) is 12.8 Å². The number of methoxy groups -OCH3 is 1. The Balaban J connectivity index is 2.22. The Bertz CT molecular complexity index is 198. The molecule has 0 radical (unpaired) electrons. The van der Waals surface area contributed by atoms with E-state index in [2.05, 4.69) is 5.32 Å². The number of nitrogens with one attached hydrogen (secondary N) is 1. The molecule has 1 aliphatic rings. The van der Waals surface area contributed by atoms with Crippen LogP contribution in [0.3, 0.4) is 0 Å². The van der Waals surface area contributed by atoms with Crippen molar-refractivity contribution in [2.75, 3.05) is 25.2 Å². The van der Waals surface area contributed by atoms with Gasteiger partial charge in [-0.15, -0.1) is 0 Å². The van der Waals surface area contributed by atoms with Gasteiger partial charge in [0.15, 0.2) is 0 Å². The molecule has 0 spiro atoms. The van der Waals surface area contributed by atoms with Crippen LogP contribution < -0.4 is 5.32 Å². The van der Waals surface area contributed by atoms with Crippen molar-refractivity contribution in [2.24, 2.45) is 0 Å². The van der Waals surface area contributed by atoms with Gasteiger partial charge in [0, 0.05) is 35.5 Å². The molecule has 4 nitrogen and oxygen atoms in total. The lowest BCUT2D eigenvalue weighted by Gasteiger charge is -2.22. The molecule has 1 N–H and O–H groups in total. The van der Waals surface area contributed by atoms with Gasteiger partial charge in [-0.05, 0) is 12.8 Å². The van der Waals surface area contributed by atoms with Crippen LogP contribution in [0.25, 0.3) is 0 Å². The summed E-state index contributed by atoms with van der Waals surface area (Å²) in [5, 5.41) is 2.84. The van der Waals surface area contributed by atoms with E-state index in [0.29, 0.717) is 11.5 Å². The first kappa shape index (κ1) is 10.7. The number of amides is 1. The normalized spacial score (nSPS) is 28.4. The minimum atomic E-state index is -0.662. The highest BCUT2D eigenvalue weighted by Crippen LogP contribution is 2.08. The van der Waals surface area contributed by atoms with Crippen LogP contribution in [0.2, 0.25) is 0 Å². The van der Waals surface area contributed by atoms with E-state index in [1.54, 1.807) is 0 Å². The standard InChI is InChI=1S/C8H15NO3S/c1-12-6-8(10)9-7-2-4-13(11)5-3-7/h7H,2-6H2,1H3,(H,9,10). The molecule has 1 amide bonds. The molecular formula is C8H15NO3S. The lowest BCUT2D eigenvalue weighted by molar-refractivity contribution is -0.125. The monoisotopic (exact) mass is 205 g/mol. The highest BCUT2D eigenvalue weighted by Gasteiger charge is 2.18. The van der Waals surface area contributed by atoms with Gasteiger partial charge in [0.1, 0.15) is 6.61 Å². The van der Waals surface area contributed by atoms with Crippen LogP contribution in [0.4, 0.5) is 0 Å². The molecule has 0 unspecified atom stereocenters. The summed E-state index contributed by atoms with van der Waals surface area (Å²) in [6, 6.07) is 0.195. The number of ether oxygens (including phenoxy) is 1. The Morgan fingerprint density at radius 3 is 2.69 bits per heavy atom. The first-order chi connectivity index (χ1) is 6.22. The fourth-order valence-electron chi connectivity index (χ4n) is 1.34. The summed E-state index contributed by atoms with van der Waals surface area (Å²) in [5.74, 6) is 1.33. The molecule has 1 fully saturated rings. The quantitative estimate of drug-likeness (QED) is 0.686. The highest BCUT2D eigenvalue weighted by molar-refractivity contribution is 7.85. The molecule has 1 saturated heterocycles. The molecule has 76 valence electrons. The molecule has 0 bridgehead atoms. The predicted molar refractivity (Wildman–Crippen MR) is 50.9 cm³/mol. The second-order valence-electron chi connectivity index (χ2n) is 3.12. The van der Waals surface area contributed by atoms with Crippen LogP contribution in [0.5, 0.6) is 0 Å². The van der Waals surface area contributed by atoms with E-state index in [1.807, 2.05) is 0 Å². The van der Waals surface area contributed by atoms with Crippen molar-refractivity contribution >= 4 is 16.7 Å². The van der Waals surface area contributed by atoms with Crippen molar-refractivity contribution in [2.45, 2.75) is 18.9 Å². The summed E-state index contributed by atoms with van der Waals surface area (Å²) < 4.78 is 15.7. The van der Waals surface area contributed by atoms with E-state index in [9.17, 15) is 9.00 Å². The molecule has 1 aliphatic heterocycles. The van der Waals surface area contributed by atoms with Gasteiger partial charge in [-0.25, -0.2) is 0 Å². The third kappa shape index (κ3) is 3.87. The van der Waals surface area contributed by atoms with Gasteiger partial charge in [0.2, 0.25) is 5.91 Å². The molecule has 5 heteroatoms. The summed E-state index contributed by atoms with van der Waals surface area (Å²) in [6.45, 7) is 0.111. The van der Waals surface area contributed by atoms with Gasteiger partial charge < -0.3 is 10.1 Å². The van der Waals surface area contributed by atoms with Gasteiger partial charge in [-0.3, -0.25) is 9.00 Å². The van der Waals surface area contributed by atoms with Crippen molar-refractivity contribution in [1.82, 2.24) is 5.32 Å². The zero-order valence-corrected chi connectivity index (χ0v) is 8.56. The van der Waals surface area contributed by atoms with Crippen LogP contribution in [-0.2, 0) is 20.3 Å². The topological polar surface area (TPSA) is 55.4 Å². The zero-order valence-electron chi connectivity index (χ0n) is 7.75. The van der Waals surface area contributed by atoms with Crippen molar-refractivity contribution in [3.8, 4) is 0 Å². The zero-order chi connectivity index (χ0) is 9.68. The second kappa shape index (κ2) is 5.34. The van der Waals surface area contributed by atoms with Gasteiger partial charge >= 0.3 is 0 Å². The van der Waals surface area contributed by atoms with Crippen LogP contribution >= 0.6 is 0 Å². The molecule has 0 saturated carbocycles. The number of carbonyl (C=O) groups is 1. The minimum Gasteiger partial charge on any atom is -0.375 e. The molecule has 0 aliphatic carbocycles. The maximum absolute atomic E-state index is 11.1. The smallest absolute Gasteiger partial charge is 0.246 e. The Labute approximate surface area is 80.5 Å². The lowest BCUT2D eigenvalue weighted by atomic mass is 10.1. The Hall–Kier alpha value is -0.420. The van der Waals surface area contributed by atoms with Crippen molar-refractivity contribution in [3.63, 3.8) is 0 Å². The van der Waals surface area contributed by atoms with Crippen molar-refractivity contribution < 1.29 is 13.7 Å². The van der Waals surface area contributed by atoms with Gasteiger partial charge in [-0.1, -0.05) is 0 Å². The van der Waals surface area contributed by atoms with Crippen molar-refractivity contribution in [1.29, 1.82) is 0 Å². The summed E-state index contributed by atoms with van der Waals surface area (Å²) in [4.78, 5) is 11.1. The van der Waals surface area contributed by atoms with Crippen LogP contribution in [0.15, 0.2) is 0 Å². The molecule has 0 aromatic carbocycles. The summed E-state index contributed by atoms with van der Waals surface area (Å²) in [5.41, 5.74) is 0. The van der Waals surface area contributed by atoms with Crippen LogP contribution in [0, 0.1) is 0 Å². The molecule has 1 rings (SSSR count). The molecular weight excluding hydrogens is 190 g/mol. The summed E-state index contributed by atoms with van der Waals surface area (Å²) >= 11 is 0. The number of hydrogen-bond acceptors (Lipinski definition) is 3. The van der Waals surface area contributed by atoms with Crippen LogP contribution in [-0.4, -0.2) is 41.4 Å². The largest absolute Gasteiger partial charge is 0.375 e. The van der Waals surface area contributed by atoms with E-state index in [1.165, 1.54) is 7.11 Å². The molecule has 0 aromatic rings. The summed E-state index contributed by atoms with van der Waals surface area (Å²) in [7, 11) is 0.834. The molecule has 0 aromatic heterocycles. The predicted octanol–water partition coefficient (Wildman–Crippen LogP) is -0.340. The van der Waals surface area contributed by atoms with Gasteiger partial charge in [-0.2, -0.15) is 0 Å². The molecule has 1 heterocycles. The molecule has 0 atom stereocenters. The highest BCUT2D eigenvalue weighted by atomic mass is 32.2. The summed E-state index contributed by atoms with van der Waals surface area (Å²) in [6.07, 6.45) is 1.64. The average Bonchev–Trinajstić information content (AvgIpc) is 2.09. The first-order valence-corrected chi connectivity index (χ1v) is 5.84. The third-order valence-electron chi connectivity index (χ3n) is 2.03. The lowest BCUT2D eigenvalue weighted by Crippen LogP contribution is -2.41. The van der Waals surface area contributed by atoms with E-state index in [-0.39, 0.29) is 18.6 Å². The fourth-order valence-corrected chi connectivity index (χ4v) is 2.64. The third-order valence-corrected chi connectivity index (χ3v) is 3.41. The van der Waals surface area contributed by atoms with E-state index in [4.69, 9.17) is 4.74 Å². The Kier molecular flexibility index (Phi) is 4.38. The van der Waals surface area contributed by atoms with E-state index < -0.39 is 10.8 Å². The fraction of sp³-hybridized carbons (Fsp3) is 0.875. The number of hydrogen-bond donors (Lipinski definition) is 1. The maximum Gasteiger partial charge on any atom is 0.246 e. The maximum atomic E-state index is 11.1. The Morgan fingerprint density at radius 1 is 1.54 bits per heavy atom. The Morgan fingerprint density at radius 2 is 2.15 bits per heavy atom. The average molecular weight is 205 g/mol. The SMILES string of the molecule is COCC(=O)NC1CCS(=O)CC1. The van der Waals surface area contributed by atoms with Gasteiger partial charge in [0.05, 0.1) is 0 Å². The number of rotatable bonds is 3. The van der Waals surface area contributed by atoms with Crippen molar-refractivity contribution in [3.05, 3.63) is 0 Å². The van der Waals surface area contributed by atoms with E-state index >= 15 is 0 Å². The minimum absolute atomic E-state index is 0.0832.